The Morgan fingerprint density at radius 3 is 2.19 bits per heavy atom. The SMILES string of the molecule is CC(NC(=O)C(=O)NCCc1ccc(S(N)(=O)=O)cc1)c1ccccc1. The Hall–Kier alpha value is -2.71. The molecule has 0 aliphatic rings. The molecule has 2 rings (SSSR count). The van der Waals surface area contributed by atoms with Crippen LogP contribution in [0.1, 0.15) is 24.1 Å². The lowest BCUT2D eigenvalue weighted by atomic mass is 10.1. The van der Waals surface area contributed by atoms with Gasteiger partial charge in [0.2, 0.25) is 10.0 Å². The molecule has 2 amide bonds. The van der Waals surface area contributed by atoms with E-state index in [4.69, 9.17) is 5.14 Å². The zero-order chi connectivity index (χ0) is 19.2. The predicted molar refractivity (Wildman–Crippen MR) is 97.5 cm³/mol. The molecule has 0 aliphatic heterocycles. The van der Waals surface area contributed by atoms with Crippen molar-refractivity contribution in [3.63, 3.8) is 0 Å². The van der Waals surface area contributed by atoms with E-state index in [1.807, 2.05) is 30.3 Å². The second kappa shape index (κ2) is 8.59. The molecule has 0 aromatic heterocycles. The first-order chi connectivity index (χ1) is 12.3. The number of nitrogens with two attached hydrogens (primary N) is 1. The van der Waals surface area contributed by atoms with Crippen LogP contribution in [0.25, 0.3) is 0 Å². The van der Waals surface area contributed by atoms with Gasteiger partial charge in [-0.2, -0.15) is 0 Å². The molecule has 4 N–H and O–H groups in total. The zero-order valence-corrected chi connectivity index (χ0v) is 15.1. The van der Waals surface area contributed by atoms with E-state index in [0.29, 0.717) is 6.42 Å². The van der Waals surface area contributed by atoms with E-state index in [0.717, 1.165) is 11.1 Å². The van der Waals surface area contributed by atoms with Gasteiger partial charge in [0.05, 0.1) is 10.9 Å². The van der Waals surface area contributed by atoms with E-state index < -0.39 is 21.8 Å². The summed E-state index contributed by atoms with van der Waals surface area (Å²) in [5.74, 6) is -1.42. The fourth-order valence-corrected chi connectivity index (χ4v) is 2.85. The third kappa shape index (κ3) is 5.68. The van der Waals surface area contributed by atoms with Gasteiger partial charge >= 0.3 is 11.8 Å². The minimum absolute atomic E-state index is 0.0274. The number of carbonyl (C=O) groups is 2. The highest BCUT2D eigenvalue weighted by Gasteiger charge is 2.16. The number of carbonyl (C=O) groups excluding carboxylic acids is 2. The van der Waals surface area contributed by atoms with Crippen molar-refractivity contribution >= 4 is 21.8 Å². The topological polar surface area (TPSA) is 118 Å². The highest BCUT2D eigenvalue weighted by Crippen LogP contribution is 2.11. The average molecular weight is 375 g/mol. The number of nitrogens with one attached hydrogen (secondary N) is 2. The van der Waals surface area contributed by atoms with Crippen LogP contribution in [0.3, 0.4) is 0 Å². The van der Waals surface area contributed by atoms with Gasteiger partial charge in [-0.15, -0.1) is 0 Å². The molecule has 0 heterocycles. The van der Waals surface area contributed by atoms with Gasteiger partial charge in [0, 0.05) is 6.54 Å². The summed E-state index contributed by atoms with van der Waals surface area (Å²) >= 11 is 0. The summed E-state index contributed by atoms with van der Waals surface area (Å²) in [6.45, 7) is 2.05. The minimum atomic E-state index is -3.72. The quantitative estimate of drug-likeness (QED) is 0.649. The predicted octanol–water partition coefficient (Wildman–Crippen LogP) is 0.870. The second-order valence-corrected chi connectivity index (χ2v) is 7.36. The number of hydrogen-bond donors (Lipinski definition) is 3. The molecule has 0 radical (unpaired) electrons. The molecule has 2 aromatic rings. The molecular weight excluding hydrogens is 354 g/mol. The maximum absolute atomic E-state index is 11.9. The number of benzene rings is 2. The van der Waals surface area contributed by atoms with Crippen molar-refractivity contribution in [2.45, 2.75) is 24.3 Å². The fourth-order valence-electron chi connectivity index (χ4n) is 2.33. The van der Waals surface area contributed by atoms with Gasteiger partial charge in [0.25, 0.3) is 0 Å². The Bertz CT molecular complexity index is 865. The lowest BCUT2D eigenvalue weighted by Crippen LogP contribution is -2.41. The molecule has 0 aliphatic carbocycles. The summed E-state index contributed by atoms with van der Waals surface area (Å²) in [5, 5.41) is 10.2. The standard InChI is InChI=1S/C18H21N3O4S/c1-13(15-5-3-2-4-6-15)21-18(23)17(22)20-12-11-14-7-9-16(10-8-14)26(19,24)25/h2-10,13H,11-12H2,1H3,(H,20,22)(H,21,23)(H2,19,24,25). The van der Waals surface area contributed by atoms with Crippen molar-refractivity contribution in [3.05, 3.63) is 65.7 Å². The van der Waals surface area contributed by atoms with Crippen molar-refractivity contribution in [2.75, 3.05) is 6.54 Å². The molecule has 2 aromatic carbocycles. The Balaban J connectivity index is 1.80. The maximum Gasteiger partial charge on any atom is 0.309 e. The number of amides is 2. The van der Waals surface area contributed by atoms with Crippen molar-refractivity contribution < 1.29 is 18.0 Å². The van der Waals surface area contributed by atoms with Crippen LogP contribution in [0.5, 0.6) is 0 Å². The highest BCUT2D eigenvalue weighted by atomic mass is 32.2. The molecule has 138 valence electrons. The molecule has 0 saturated heterocycles. The first-order valence-corrected chi connectivity index (χ1v) is 9.57. The largest absolute Gasteiger partial charge is 0.348 e. The van der Waals surface area contributed by atoms with Gasteiger partial charge in [0.1, 0.15) is 0 Å². The Morgan fingerprint density at radius 1 is 1.00 bits per heavy atom. The maximum atomic E-state index is 11.9. The number of sulfonamides is 1. The van der Waals surface area contributed by atoms with Gasteiger partial charge < -0.3 is 10.6 Å². The normalized spacial score (nSPS) is 12.2. The summed E-state index contributed by atoms with van der Waals surface area (Å²) in [6.07, 6.45) is 0.457. The summed E-state index contributed by atoms with van der Waals surface area (Å²) in [6, 6.07) is 15.1. The Labute approximate surface area is 152 Å². The Morgan fingerprint density at radius 2 is 1.62 bits per heavy atom. The smallest absolute Gasteiger partial charge is 0.309 e. The third-order valence-corrected chi connectivity index (χ3v) is 4.73. The van der Waals surface area contributed by atoms with E-state index in [1.165, 1.54) is 12.1 Å². The molecule has 0 spiro atoms. The van der Waals surface area contributed by atoms with Crippen molar-refractivity contribution in [1.29, 1.82) is 0 Å². The Kier molecular flexibility index (Phi) is 6.48. The minimum Gasteiger partial charge on any atom is -0.348 e. The van der Waals surface area contributed by atoms with E-state index in [1.54, 1.807) is 19.1 Å². The van der Waals surface area contributed by atoms with Crippen molar-refractivity contribution in [3.8, 4) is 0 Å². The van der Waals surface area contributed by atoms with Crippen LogP contribution in [0, 0.1) is 0 Å². The number of hydrogen-bond acceptors (Lipinski definition) is 4. The summed E-state index contributed by atoms with van der Waals surface area (Å²) in [5.41, 5.74) is 1.72. The monoisotopic (exact) mass is 375 g/mol. The molecule has 7 nitrogen and oxygen atoms in total. The summed E-state index contributed by atoms with van der Waals surface area (Å²) in [4.78, 5) is 23.8. The van der Waals surface area contributed by atoms with Crippen LogP contribution in [0.4, 0.5) is 0 Å². The number of rotatable bonds is 6. The molecule has 0 bridgehead atoms. The summed E-state index contributed by atoms with van der Waals surface area (Å²) in [7, 11) is -3.72. The van der Waals surface area contributed by atoms with E-state index >= 15 is 0 Å². The molecule has 26 heavy (non-hydrogen) atoms. The second-order valence-electron chi connectivity index (χ2n) is 5.80. The van der Waals surface area contributed by atoms with Gasteiger partial charge in [-0.1, -0.05) is 42.5 Å². The van der Waals surface area contributed by atoms with E-state index in [9.17, 15) is 18.0 Å². The molecule has 0 saturated carbocycles. The first-order valence-electron chi connectivity index (χ1n) is 8.03. The van der Waals surface area contributed by atoms with Crippen LogP contribution >= 0.6 is 0 Å². The van der Waals surface area contributed by atoms with Crippen molar-refractivity contribution in [1.82, 2.24) is 10.6 Å². The van der Waals surface area contributed by atoms with Gasteiger partial charge in [0.15, 0.2) is 0 Å². The lowest BCUT2D eigenvalue weighted by molar-refractivity contribution is -0.139. The van der Waals surface area contributed by atoms with Crippen LogP contribution in [-0.4, -0.2) is 26.8 Å². The highest BCUT2D eigenvalue weighted by molar-refractivity contribution is 7.89. The van der Waals surface area contributed by atoms with Crippen molar-refractivity contribution in [2.24, 2.45) is 5.14 Å². The van der Waals surface area contributed by atoms with Crippen LogP contribution < -0.4 is 15.8 Å². The van der Waals surface area contributed by atoms with Gasteiger partial charge in [-0.3, -0.25) is 9.59 Å². The third-order valence-electron chi connectivity index (χ3n) is 3.80. The molecule has 1 atom stereocenters. The lowest BCUT2D eigenvalue weighted by Gasteiger charge is -2.14. The van der Waals surface area contributed by atoms with Crippen LogP contribution in [0.2, 0.25) is 0 Å². The van der Waals surface area contributed by atoms with Crippen LogP contribution in [-0.2, 0) is 26.0 Å². The van der Waals surface area contributed by atoms with E-state index in [2.05, 4.69) is 10.6 Å². The molecule has 0 fully saturated rings. The zero-order valence-electron chi connectivity index (χ0n) is 14.3. The van der Waals surface area contributed by atoms with Gasteiger partial charge in [-0.05, 0) is 36.6 Å². The molecule has 1 unspecified atom stereocenters. The molecule has 8 heteroatoms. The average Bonchev–Trinajstić information content (AvgIpc) is 2.62. The fraction of sp³-hybridized carbons (Fsp3) is 0.222. The first kappa shape index (κ1) is 19.6. The van der Waals surface area contributed by atoms with Crippen LogP contribution in [0.15, 0.2) is 59.5 Å². The number of primary sulfonamides is 1. The molecular formula is C18H21N3O4S. The van der Waals surface area contributed by atoms with E-state index in [-0.39, 0.29) is 17.5 Å². The summed E-state index contributed by atoms with van der Waals surface area (Å²) < 4.78 is 22.4. The van der Waals surface area contributed by atoms with Gasteiger partial charge in [-0.25, -0.2) is 13.6 Å².